The first-order chi connectivity index (χ1) is 34.9. The molecule has 0 aliphatic rings. The van der Waals surface area contributed by atoms with Crippen molar-refractivity contribution in [3.63, 3.8) is 0 Å². The number of rotatable bonds is 36. The van der Waals surface area contributed by atoms with Crippen LogP contribution in [0.2, 0.25) is 0 Å². The van der Waals surface area contributed by atoms with E-state index in [4.69, 9.17) is 27.4 Å². The number of nitrogens with one attached hydrogen (secondary N) is 11. The molecule has 0 aliphatic carbocycles. The molecule has 0 fully saturated rings. The first-order valence-electron chi connectivity index (χ1n) is 24.4. The summed E-state index contributed by atoms with van der Waals surface area (Å²) in [6.45, 7) is 10.9. The maximum Gasteiger partial charge on any atom is 0.303 e. The highest BCUT2D eigenvalue weighted by atomic mass is 16.4. The summed E-state index contributed by atoms with van der Waals surface area (Å²) in [5, 5.41) is 44.4. The van der Waals surface area contributed by atoms with Crippen LogP contribution in [0.3, 0.4) is 0 Å². The molecule has 0 heterocycles. The fraction of sp³-hybridized carbons (Fsp3) is 0.689. The molecule has 0 saturated carbocycles. The molecule has 12 amide bonds. The van der Waals surface area contributed by atoms with Crippen molar-refractivity contribution in [2.24, 2.45) is 17.2 Å². The molecule has 19 N–H and O–H groups in total. The monoisotopic (exact) mass is 1070 g/mol. The van der Waals surface area contributed by atoms with Crippen LogP contribution < -0.4 is 75.7 Å². The summed E-state index contributed by atoms with van der Waals surface area (Å²) in [6.07, 6.45) is 0.552. The lowest BCUT2D eigenvalue weighted by molar-refractivity contribution is -0.139. The van der Waals surface area contributed by atoms with Crippen LogP contribution >= 0.6 is 0 Å². The van der Waals surface area contributed by atoms with Gasteiger partial charge in [-0.2, -0.15) is 0 Å². The van der Waals surface area contributed by atoms with Gasteiger partial charge >= 0.3 is 11.9 Å². The van der Waals surface area contributed by atoms with E-state index in [1.54, 1.807) is 0 Å². The Morgan fingerprint density at radius 1 is 0.333 bits per heavy atom. The predicted octanol–water partition coefficient (Wildman–Crippen LogP) is -6.05. The number of carbonyl (C=O) groups excluding carboxylic acids is 12. The van der Waals surface area contributed by atoms with E-state index in [1.807, 2.05) is 0 Å². The maximum atomic E-state index is 13.3. The summed E-state index contributed by atoms with van der Waals surface area (Å²) in [4.78, 5) is 176. The van der Waals surface area contributed by atoms with E-state index >= 15 is 0 Å². The second-order valence-electron chi connectivity index (χ2n) is 17.9. The SMILES string of the molecule is CC(=O)N[C@@H](CCCCN)C(=O)N[C@@H](CCCCN)C(=O)N[C@@H](C)C(=O)N[C@@H](C)C(=O)N[C@@H](C)C(=O)N[C@@H](C)C(=O)N[C@@H](C)C(=O)N[C@@H](C)C(=O)N[C@@H](C)C(=O)N[C@@H](CCC(=O)O)C(=O)N[C@@H](CCC(=O)O)C(N)=O. The van der Waals surface area contributed by atoms with E-state index in [9.17, 15) is 67.1 Å². The number of amides is 12. The summed E-state index contributed by atoms with van der Waals surface area (Å²) in [6, 6.07) is -14.1. The number of aliphatic carboxylic acids is 2. The topological polar surface area (TPSA) is 490 Å². The zero-order chi connectivity index (χ0) is 57.7. The van der Waals surface area contributed by atoms with Crippen molar-refractivity contribution in [3.05, 3.63) is 0 Å². The van der Waals surface area contributed by atoms with Gasteiger partial charge in [0.05, 0.1) is 0 Å². The standard InChI is InChI=1S/C45H78N14O16/c1-21(36(66)50-23(3)38(68)52-25(5)40(70)54-27(7)42(72)58-32(16-18-34(63)64)45(75)57-29(35(48)65)15-17-33(61)62)49-37(67)22(2)51-39(69)24(4)53-41(71)26(6)55-43(73)31(14-10-12-20-47)59-44(74)30(56-28(8)60)13-9-11-19-46/h21-27,29-32H,9-20,46-47H2,1-8H3,(H2,48,65)(H,49,67)(H,50,66)(H,51,69)(H,52,68)(H,53,71)(H,54,70)(H,55,73)(H,56,60)(H,57,75)(H,58,72)(H,59,74)(H,61,62)(H,63,64)/t21-,22-,23-,24-,25-,26-,27-,29-,30-,31-,32-/m0/s1. The Morgan fingerprint density at radius 3 is 0.840 bits per heavy atom. The molecule has 30 heteroatoms. The zero-order valence-electron chi connectivity index (χ0n) is 43.7. The third-order valence-electron chi connectivity index (χ3n) is 11.1. The van der Waals surface area contributed by atoms with E-state index in [-0.39, 0.29) is 12.8 Å². The molecule has 0 aromatic carbocycles. The third-order valence-corrected chi connectivity index (χ3v) is 11.1. The molecule has 75 heavy (non-hydrogen) atoms. The first-order valence-corrected chi connectivity index (χ1v) is 24.4. The molecule has 0 aliphatic heterocycles. The van der Waals surface area contributed by atoms with Crippen LogP contribution in [0.4, 0.5) is 0 Å². The molecule has 424 valence electrons. The molecule has 0 aromatic heterocycles. The Labute approximate surface area is 434 Å². The number of carbonyl (C=O) groups is 14. The van der Waals surface area contributed by atoms with Crippen LogP contribution in [0, 0.1) is 0 Å². The van der Waals surface area contributed by atoms with Gasteiger partial charge in [-0.1, -0.05) is 0 Å². The van der Waals surface area contributed by atoms with E-state index in [0.717, 1.165) is 0 Å². The molecule has 0 radical (unpaired) electrons. The summed E-state index contributed by atoms with van der Waals surface area (Å²) in [5.74, 6) is -12.6. The Bertz CT molecular complexity index is 2040. The van der Waals surface area contributed by atoms with E-state index < -0.39 is 175 Å². The number of unbranched alkanes of at least 4 members (excludes halogenated alkanes) is 2. The smallest absolute Gasteiger partial charge is 0.303 e. The summed E-state index contributed by atoms with van der Waals surface area (Å²) < 4.78 is 0. The molecular formula is C45H78N14O16. The fourth-order valence-corrected chi connectivity index (χ4v) is 6.50. The average molecular weight is 1070 g/mol. The Balaban J connectivity index is 5.33. The van der Waals surface area contributed by atoms with Crippen molar-refractivity contribution in [2.45, 2.75) is 186 Å². The molecule has 0 spiro atoms. The minimum absolute atomic E-state index is 0.165. The number of hydrogen-bond donors (Lipinski definition) is 16. The summed E-state index contributed by atoms with van der Waals surface area (Å²) in [5.41, 5.74) is 16.4. The van der Waals surface area contributed by atoms with Gasteiger partial charge in [-0.05, 0) is 113 Å². The van der Waals surface area contributed by atoms with E-state index in [2.05, 4.69) is 58.5 Å². The Hall–Kier alpha value is -7.50. The predicted molar refractivity (Wildman–Crippen MR) is 265 cm³/mol. The number of hydrogen-bond acceptors (Lipinski definition) is 16. The minimum atomic E-state index is -1.56. The highest BCUT2D eigenvalue weighted by Crippen LogP contribution is 2.07. The summed E-state index contributed by atoms with van der Waals surface area (Å²) in [7, 11) is 0. The van der Waals surface area contributed by atoms with Crippen molar-refractivity contribution < 1.29 is 77.3 Å². The third kappa shape index (κ3) is 27.4. The maximum absolute atomic E-state index is 13.3. The normalized spacial score (nSPS) is 15.2. The minimum Gasteiger partial charge on any atom is -0.481 e. The van der Waals surface area contributed by atoms with E-state index in [1.165, 1.54) is 55.4 Å². The van der Waals surface area contributed by atoms with Gasteiger partial charge in [-0.25, -0.2) is 0 Å². The van der Waals surface area contributed by atoms with Gasteiger partial charge in [0.1, 0.15) is 66.5 Å². The zero-order valence-corrected chi connectivity index (χ0v) is 43.7. The lowest BCUT2D eigenvalue weighted by atomic mass is 10.0. The van der Waals surface area contributed by atoms with Gasteiger partial charge in [0, 0.05) is 19.8 Å². The molecular weight excluding hydrogens is 993 g/mol. The lowest BCUT2D eigenvalue weighted by Crippen LogP contribution is -2.59. The highest BCUT2D eigenvalue weighted by molar-refractivity contribution is 5.99. The molecule has 11 atom stereocenters. The van der Waals surface area contributed by atoms with Crippen molar-refractivity contribution in [3.8, 4) is 0 Å². The largest absolute Gasteiger partial charge is 0.481 e. The number of nitrogens with two attached hydrogens (primary N) is 3. The van der Waals surface area contributed by atoms with Crippen molar-refractivity contribution in [1.29, 1.82) is 0 Å². The Kier molecular flexibility index (Phi) is 31.4. The van der Waals surface area contributed by atoms with Gasteiger partial charge in [0.15, 0.2) is 0 Å². The molecule has 0 unspecified atom stereocenters. The molecule has 0 aromatic rings. The Morgan fingerprint density at radius 2 is 0.560 bits per heavy atom. The average Bonchev–Trinajstić information content (AvgIpc) is 3.32. The van der Waals surface area contributed by atoms with Gasteiger partial charge in [-0.3, -0.25) is 67.1 Å². The summed E-state index contributed by atoms with van der Waals surface area (Å²) >= 11 is 0. The van der Waals surface area contributed by atoms with Crippen LogP contribution in [-0.2, 0) is 67.1 Å². The van der Waals surface area contributed by atoms with Crippen LogP contribution in [0.1, 0.15) is 120 Å². The molecule has 0 bridgehead atoms. The van der Waals surface area contributed by atoms with Crippen LogP contribution in [0.25, 0.3) is 0 Å². The highest BCUT2D eigenvalue weighted by Gasteiger charge is 2.32. The van der Waals surface area contributed by atoms with Gasteiger partial charge in [-0.15, -0.1) is 0 Å². The van der Waals surface area contributed by atoms with Crippen molar-refractivity contribution >= 4 is 82.8 Å². The van der Waals surface area contributed by atoms with Gasteiger partial charge < -0.3 is 85.9 Å². The van der Waals surface area contributed by atoms with Crippen LogP contribution in [-0.4, -0.2) is 173 Å². The number of primary amides is 1. The number of carboxylic acid groups (broad SMARTS) is 2. The molecule has 0 rings (SSSR count). The van der Waals surface area contributed by atoms with Gasteiger partial charge in [0.2, 0.25) is 70.9 Å². The first kappa shape index (κ1) is 67.5. The van der Waals surface area contributed by atoms with Gasteiger partial charge in [0.25, 0.3) is 0 Å². The van der Waals surface area contributed by atoms with Crippen LogP contribution in [0.15, 0.2) is 0 Å². The van der Waals surface area contributed by atoms with Crippen molar-refractivity contribution in [1.82, 2.24) is 58.5 Å². The molecule has 0 saturated heterocycles. The van der Waals surface area contributed by atoms with Crippen molar-refractivity contribution in [2.75, 3.05) is 13.1 Å². The van der Waals surface area contributed by atoms with Crippen LogP contribution in [0.5, 0.6) is 0 Å². The number of carboxylic acids is 2. The second kappa shape index (κ2) is 34.8. The molecule has 30 nitrogen and oxygen atoms in total. The lowest BCUT2D eigenvalue weighted by Gasteiger charge is -2.25. The fourth-order valence-electron chi connectivity index (χ4n) is 6.50. The quantitative estimate of drug-likeness (QED) is 0.0260. The second-order valence-corrected chi connectivity index (χ2v) is 17.9. The van der Waals surface area contributed by atoms with E-state index in [0.29, 0.717) is 38.8 Å².